The first-order valence-electron chi connectivity index (χ1n) is 6.40. The molecule has 0 aromatic heterocycles. The van der Waals surface area contributed by atoms with E-state index in [0.717, 1.165) is 5.56 Å². The van der Waals surface area contributed by atoms with Crippen LogP contribution in [0, 0.1) is 5.82 Å². The lowest BCUT2D eigenvalue weighted by molar-refractivity contribution is -0.121. The number of halogens is 2. The van der Waals surface area contributed by atoms with Crippen LogP contribution in [0.15, 0.2) is 48.5 Å². The molecule has 0 radical (unpaired) electrons. The Hall–Kier alpha value is -1.87. The Morgan fingerprint density at radius 1 is 1.10 bits per heavy atom. The summed E-state index contributed by atoms with van der Waals surface area (Å²) < 4.78 is 13.4. The summed E-state index contributed by atoms with van der Waals surface area (Å²) in [6, 6.07) is 13.8. The molecule has 1 amide bonds. The van der Waals surface area contributed by atoms with Crippen molar-refractivity contribution >= 4 is 17.5 Å². The van der Waals surface area contributed by atoms with E-state index in [-0.39, 0.29) is 18.3 Å². The van der Waals surface area contributed by atoms with Crippen molar-refractivity contribution in [3.05, 3.63) is 70.5 Å². The molecule has 0 saturated carbocycles. The molecule has 1 N–H and O–H groups in total. The molecule has 104 valence electrons. The highest BCUT2D eigenvalue weighted by atomic mass is 35.5. The molecular formula is C16H15ClFNO. The molecule has 0 unspecified atom stereocenters. The topological polar surface area (TPSA) is 29.1 Å². The van der Waals surface area contributed by atoms with Gasteiger partial charge in [-0.15, -0.1) is 0 Å². The van der Waals surface area contributed by atoms with E-state index in [1.54, 1.807) is 30.3 Å². The lowest BCUT2D eigenvalue weighted by Gasteiger charge is -2.06. The summed E-state index contributed by atoms with van der Waals surface area (Å²) in [5.41, 5.74) is 1.54. The summed E-state index contributed by atoms with van der Waals surface area (Å²) in [6.45, 7) is 0.214. The maximum absolute atomic E-state index is 13.4. The zero-order valence-electron chi connectivity index (χ0n) is 10.9. The molecule has 4 heteroatoms. The summed E-state index contributed by atoms with van der Waals surface area (Å²) in [5.74, 6) is -0.395. The van der Waals surface area contributed by atoms with Crippen molar-refractivity contribution in [2.75, 3.05) is 0 Å². The van der Waals surface area contributed by atoms with Crippen LogP contribution < -0.4 is 5.32 Å². The highest BCUT2D eigenvalue weighted by Crippen LogP contribution is 2.11. The van der Waals surface area contributed by atoms with Gasteiger partial charge in [0.2, 0.25) is 5.91 Å². The van der Waals surface area contributed by atoms with Gasteiger partial charge >= 0.3 is 0 Å². The third-order valence-electron chi connectivity index (χ3n) is 2.99. The van der Waals surface area contributed by atoms with Crippen molar-refractivity contribution in [2.45, 2.75) is 19.4 Å². The van der Waals surface area contributed by atoms with Gasteiger partial charge in [-0.1, -0.05) is 41.9 Å². The molecule has 0 aliphatic heterocycles. The van der Waals surface area contributed by atoms with Gasteiger partial charge in [-0.05, 0) is 30.2 Å². The Morgan fingerprint density at radius 3 is 2.50 bits per heavy atom. The molecule has 2 nitrogen and oxygen atoms in total. The van der Waals surface area contributed by atoms with E-state index in [4.69, 9.17) is 11.6 Å². The summed E-state index contributed by atoms with van der Waals surface area (Å²) >= 11 is 5.79. The fourth-order valence-electron chi connectivity index (χ4n) is 1.83. The van der Waals surface area contributed by atoms with E-state index in [9.17, 15) is 9.18 Å². The van der Waals surface area contributed by atoms with Crippen LogP contribution in [0.5, 0.6) is 0 Å². The van der Waals surface area contributed by atoms with Gasteiger partial charge in [0.15, 0.2) is 0 Å². The fraction of sp³-hybridized carbons (Fsp3) is 0.188. The zero-order valence-corrected chi connectivity index (χ0v) is 11.7. The first-order chi connectivity index (χ1) is 9.65. The third-order valence-corrected chi connectivity index (χ3v) is 3.24. The molecule has 2 aromatic rings. The number of aryl methyl sites for hydroxylation is 1. The van der Waals surface area contributed by atoms with Gasteiger partial charge in [0, 0.05) is 23.6 Å². The predicted octanol–water partition coefficient (Wildman–Crippen LogP) is 3.73. The minimum atomic E-state index is -0.300. The van der Waals surface area contributed by atoms with Gasteiger partial charge in [0.1, 0.15) is 5.82 Å². The van der Waals surface area contributed by atoms with Gasteiger partial charge in [-0.3, -0.25) is 4.79 Å². The maximum atomic E-state index is 13.4. The van der Waals surface area contributed by atoms with E-state index in [1.807, 2.05) is 12.1 Å². The van der Waals surface area contributed by atoms with Crippen molar-refractivity contribution in [3.63, 3.8) is 0 Å². The van der Waals surface area contributed by atoms with Crippen LogP contribution in [0.1, 0.15) is 17.5 Å². The average molecular weight is 292 g/mol. The molecule has 0 atom stereocenters. The fourth-order valence-corrected chi connectivity index (χ4v) is 1.96. The van der Waals surface area contributed by atoms with Crippen molar-refractivity contribution in [1.29, 1.82) is 0 Å². The van der Waals surface area contributed by atoms with Crippen LogP contribution in [0.25, 0.3) is 0 Å². The highest BCUT2D eigenvalue weighted by Gasteiger charge is 2.05. The van der Waals surface area contributed by atoms with Gasteiger partial charge in [0.25, 0.3) is 0 Å². The van der Waals surface area contributed by atoms with Crippen molar-refractivity contribution in [3.8, 4) is 0 Å². The molecule has 0 aliphatic carbocycles. The predicted molar refractivity (Wildman–Crippen MR) is 78.0 cm³/mol. The molecule has 0 aliphatic rings. The van der Waals surface area contributed by atoms with Crippen LogP contribution in [-0.2, 0) is 17.8 Å². The normalized spacial score (nSPS) is 10.3. The maximum Gasteiger partial charge on any atom is 0.220 e. The summed E-state index contributed by atoms with van der Waals surface area (Å²) in [4.78, 5) is 11.7. The Morgan fingerprint density at radius 2 is 1.80 bits per heavy atom. The van der Waals surface area contributed by atoms with Crippen LogP contribution in [0.4, 0.5) is 4.39 Å². The van der Waals surface area contributed by atoms with Crippen molar-refractivity contribution < 1.29 is 9.18 Å². The Labute approximate surface area is 122 Å². The largest absolute Gasteiger partial charge is 0.352 e. The van der Waals surface area contributed by atoms with Crippen LogP contribution >= 0.6 is 11.6 Å². The van der Waals surface area contributed by atoms with E-state index < -0.39 is 0 Å². The zero-order chi connectivity index (χ0) is 14.4. The summed E-state index contributed by atoms with van der Waals surface area (Å²) in [5, 5.41) is 3.39. The van der Waals surface area contributed by atoms with E-state index in [2.05, 4.69) is 5.32 Å². The molecule has 2 rings (SSSR count). The van der Waals surface area contributed by atoms with Crippen LogP contribution in [0.2, 0.25) is 5.02 Å². The molecule has 0 spiro atoms. The van der Waals surface area contributed by atoms with Crippen LogP contribution in [-0.4, -0.2) is 5.91 Å². The second kappa shape index (κ2) is 7.06. The molecule has 0 heterocycles. The average Bonchev–Trinajstić information content (AvgIpc) is 2.46. The minimum Gasteiger partial charge on any atom is -0.352 e. The molecule has 20 heavy (non-hydrogen) atoms. The second-order valence-corrected chi connectivity index (χ2v) is 4.93. The SMILES string of the molecule is O=C(CCc1ccc(Cl)cc1)NCc1ccccc1F. The number of rotatable bonds is 5. The number of hydrogen-bond acceptors (Lipinski definition) is 1. The number of nitrogens with one attached hydrogen (secondary N) is 1. The monoisotopic (exact) mass is 291 g/mol. The number of benzene rings is 2. The lowest BCUT2D eigenvalue weighted by atomic mass is 10.1. The standard InChI is InChI=1S/C16H15ClFNO/c17-14-8-5-12(6-9-14)7-10-16(20)19-11-13-3-1-2-4-15(13)18/h1-6,8-9H,7,10-11H2,(H,19,20). The second-order valence-electron chi connectivity index (χ2n) is 4.49. The molecule has 0 bridgehead atoms. The number of amides is 1. The van der Waals surface area contributed by atoms with E-state index in [0.29, 0.717) is 23.4 Å². The van der Waals surface area contributed by atoms with Crippen LogP contribution in [0.3, 0.4) is 0 Å². The Kier molecular flexibility index (Phi) is 5.13. The van der Waals surface area contributed by atoms with Crippen molar-refractivity contribution in [2.24, 2.45) is 0 Å². The molecule has 0 fully saturated rings. The Balaban J connectivity index is 1.78. The first-order valence-corrected chi connectivity index (χ1v) is 6.77. The van der Waals surface area contributed by atoms with E-state index >= 15 is 0 Å². The first kappa shape index (κ1) is 14.5. The van der Waals surface area contributed by atoms with Gasteiger partial charge in [-0.25, -0.2) is 4.39 Å². The third kappa shape index (κ3) is 4.35. The van der Waals surface area contributed by atoms with Gasteiger partial charge in [-0.2, -0.15) is 0 Å². The highest BCUT2D eigenvalue weighted by molar-refractivity contribution is 6.30. The lowest BCUT2D eigenvalue weighted by Crippen LogP contribution is -2.23. The minimum absolute atomic E-state index is 0.0943. The molecular weight excluding hydrogens is 277 g/mol. The number of carbonyl (C=O) groups is 1. The summed E-state index contributed by atoms with van der Waals surface area (Å²) in [7, 11) is 0. The van der Waals surface area contributed by atoms with Crippen molar-refractivity contribution in [1.82, 2.24) is 5.32 Å². The number of hydrogen-bond donors (Lipinski definition) is 1. The number of carbonyl (C=O) groups excluding carboxylic acids is 1. The smallest absolute Gasteiger partial charge is 0.220 e. The molecule has 0 saturated heterocycles. The quantitative estimate of drug-likeness (QED) is 0.893. The molecule has 2 aromatic carbocycles. The van der Waals surface area contributed by atoms with Gasteiger partial charge in [0.05, 0.1) is 0 Å². The summed E-state index contributed by atoms with van der Waals surface area (Å²) in [6.07, 6.45) is 1.01. The van der Waals surface area contributed by atoms with E-state index in [1.165, 1.54) is 6.07 Å². The van der Waals surface area contributed by atoms with Gasteiger partial charge < -0.3 is 5.32 Å². The Bertz CT molecular complexity index is 583.